The van der Waals surface area contributed by atoms with Crippen LogP contribution in [0.5, 0.6) is 5.75 Å². The largest absolute Gasteiger partial charge is 0.484 e. The Labute approximate surface area is 118 Å². The molecule has 0 spiro atoms. The third-order valence-electron chi connectivity index (χ3n) is 3.22. The van der Waals surface area contributed by atoms with Crippen molar-refractivity contribution < 1.29 is 4.74 Å². The Bertz CT molecular complexity index is 647. The van der Waals surface area contributed by atoms with Crippen molar-refractivity contribution in [3.05, 3.63) is 53.6 Å². The predicted octanol–water partition coefficient (Wildman–Crippen LogP) is 2.98. The number of rotatable bonds is 2. The van der Waals surface area contributed by atoms with Crippen molar-refractivity contribution in [3.63, 3.8) is 0 Å². The summed E-state index contributed by atoms with van der Waals surface area (Å²) in [6.45, 7) is 3.18. The smallest absolute Gasteiger partial charge is 0.146 e. The maximum Gasteiger partial charge on any atom is 0.146 e. The van der Waals surface area contributed by atoms with Crippen LogP contribution in [0.25, 0.3) is 0 Å². The normalized spacial score (nSPS) is 15.3. The summed E-state index contributed by atoms with van der Waals surface area (Å²) in [5.41, 5.74) is 9.79. The van der Waals surface area contributed by atoms with Gasteiger partial charge in [-0.25, -0.2) is 0 Å². The highest BCUT2D eigenvalue weighted by Crippen LogP contribution is 2.29. The Kier molecular flexibility index (Phi) is 3.29. The number of aryl methyl sites for hydroxylation is 1. The number of nitrogens with one attached hydrogen (secondary N) is 1. The number of aliphatic imine (C=N–C) groups is 1. The number of anilines is 2. The van der Waals surface area contributed by atoms with Crippen molar-refractivity contribution in [1.29, 1.82) is 0 Å². The van der Waals surface area contributed by atoms with E-state index in [1.807, 2.05) is 18.2 Å². The minimum Gasteiger partial charge on any atom is -0.484 e. The van der Waals surface area contributed by atoms with Crippen LogP contribution in [-0.4, -0.2) is 12.4 Å². The van der Waals surface area contributed by atoms with Gasteiger partial charge in [-0.3, -0.25) is 4.99 Å². The van der Waals surface area contributed by atoms with Gasteiger partial charge in [-0.1, -0.05) is 29.8 Å². The van der Waals surface area contributed by atoms with E-state index in [0.29, 0.717) is 18.8 Å². The Morgan fingerprint density at radius 1 is 1.20 bits per heavy atom. The van der Waals surface area contributed by atoms with Crippen LogP contribution in [0, 0.1) is 6.92 Å². The molecule has 1 heterocycles. The van der Waals surface area contributed by atoms with E-state index < -0.39 is 0 Å². The second-order valence-corrected chi connectivity index (χ2v) is 4.92. The fourth-order valence-corrected chi connectivity index (χ4v) is 2.07. The first-order valence-corrected chi connectivity index (χ1v) is 6.59. The molecule has 0 unspecified atom stereocenters. The number of benzene rings is 2. The number of amidine groups is 1. The van der Waals surface area contributed by atoms with Gasteiger partial charge in [-0.2, -0.15) is 0 Å². The SMILES string of the molecule is Cc1ccc(CN=C2COc3ccc(N)cc3N2)cc1. The number of hydrogen-bond donors (Lipinski definition) is 2. The van der Waals surface area contributed by atoms with E-state index in [2.05, 4.69) is 41.5 Å². The number of ether oxygens (including phenoxy) is 1. The first kappa shape index (κ1) is 12.5. The average Bonchev–Trinajstić information content (AvgIpc) is 2.46. The Hall–Kier alpha value is -2.49. The number of fused-ring (bicyclic) bond motifs is 1. The van der Waals surface area contributed by atoms with Gasteiger partial charge in [-0.05, 0) is 30.7 Å². The highest BCUT2D eigenvalue weighted by Gasteiger charge is 2.14. The molecule has 1 aliphatic heterocycles. The van der Waals surface area contributed by atoms with Crippen LogP contribution in [-0.2, 0) is 6.54 Å². The Morgan fingerprint density at radius 3 is 2.80 bits per heavy atom. The van der Waals surface area contributed by atoms with E-state index in [1.54, 1.807) is 0 Å². The number of nitrogens with zero attached hydrogens (tertiary/aromatic N) is 1. The van der Waals surface area contributed by atoms with Crippen molar-refractivity contribution in [1.82, 2.24) is 0 Å². The molecule has 0 aromatic heterocycles. The van der Waals surface area contributed by atoms with Crippen LogP contribution < -0.4 is 15.8 Å². The van der Waals surface area contributed by atoms with E-state index in [9.17, 15) is 0 Å². The molecule has 0 saturated carbocycles. The molecule has 0 atom stereocenters. The van der Waals surface area contributed by atoms with Crippen molar-refractivity contribution in [2.45, 2.75) is 13.5 Å². The minimum absolute atomic E-state index is 0.461. The maximum atomic E-state index is 5.77. The van der Waals surface area contributed by atoms with Crippen molar-refractivity contribution in [2.24, 2.45) is 4.99 Å². The predicted molar refractivity (Wildman–Crippen MR) is 82.3 cm³/mol. The zero-order valence-corrected chi connectivity index (χ0v) is 11.4. The molecule has 2 aromatic rings. The number of nitrogens with two attached hydrogens (primary N) is 1. The third-order valence-corrected chi connectivity index (χ3v) is 3.22. The molecule has 102 valence electrons. The quantitative estimate of drug-likeness (QED) is 0.822. The fraction of sp³-hybridized carbons (Fsp3) is 0.188. The molecular formula is C16H17N3O. The Morgan fingerprint density at radius 2 is 2.00 bits per heavy atom. The molecule has 4 nitrogen and oxygen atoms in total. The van der Waals surface area contributed by atoms with Crippen LogP contribution in [0.1, 0.15) is 11.1 Å². The van der Waals surface area contributed by atoms with Gasteiger partial charge in [0, 0.05) is 5.69 Å². The second-order valence-electron chi connectivity index (χ2n) is 4.92. The highest BCUT2D eigenvalue weighted by atomic mass is 16.5. The fourth-order valence-electron chi connectivity index (χ4n) is 2.07. The van der Waals surface area contributed by atoms with Crippen LogP contribution in [0.4, 0.5) is 11.4 Å². The number of nitrogen functional groups attached to an aromatic ring is 1. The molecule has 0 amide bonds. The van der Waals surface area contributed by atoms with Crippen LogP contribution in [0.15, 0.2) is 47.5 Å². The lowest BCUT2D eigenvalue weighted by atomic mass is 10.1. The summed E-state index contributed by atoms with van der Waals surface area (Å²) in [5.74, 6) is 1.64. The van der Waals surface area contributed by atoms with E-state index in [0.717, 1.165) is 17.3 Å². The molecule has 4 heteroatoms. The van der Waals surface area contributed by atoms with Gasteiger partial charge in [0.25, 0.3) is 0 Å². The van der Waals surface area contributed by atoms with Gasteiger partial charge in [0.15, 0.2) is 0 Å². The molecule has 0 fully saturated rings. The molecule has 0 bridgehead atoms. The van der Waals surface area contributed by atoms with Gasteiger partial charge >= 0.3 is 0 Å². The van der Waals surface area contributed by atoms with Crippen LogP contribution in [0.3, 0.4) is 0 Å². The molecule has 0 saturated heterocycles. The lowest BCUT2D eigenvalue weighted by Gasteiger charge is -2.21. The summed E-state index contributed by atoms with van der Waals surface area (Å²) in [5, 5.41) is 3.26. The summed E-state index contributed by atoms with van der Waals surface area (Å²) in [6.07, 6.45) is 0. The lowest BCUT2D eigenvalue weighted by Crippen LogP contribution is -2.26. The first-order valence-electron chi connectivity index (χ1n) is 6.59. The minimum atomic E-state index is 0.461. The first-order chi connectivity index (χ1) is 9.70. The van der Waals surface area contributed by atoms with Crippen molar-refractivity contribution in [2.75, 3.05) is 17.7 Å². The van der Waals surface area contributed by atoms with E-state index >= 15 is 0 Å². The molecule has 1 aliphatic rings. The molecule has 3 rings (SSSR count). The lowest BCUT2D eigenvalue weighted by molar-refractivity contribution is 0.372. The molecule has 20 heavy (non-hydrogen) atoms. The van der Waals surface area contributed by atoms with Crippen LogP contribution in [0.2, 0.25) is 0 Å². The van der Waals surface area contributed by atoms with Crippen molar-refractivity contribution in [3.8, 4) is 5.75 Å². The summed E-state index contributed by atoms with van der Waals surface area (Å²) in [7, 11) is 0. The average molecular weight is 267 g/mol. The van der Waals surface area contributed by atoms with Gasteiger partial charge in [-0.15, -0.1) is 0 Å². The standard InChI is InChI=1S/C16H17N3O/c1-11-2-4-12(5-3-11)9-18-16-10-20-15-7-6-13(17)8-14(15)19-16/h2-8H,9-10,17H2,1H3,(H,18,19). The monoisotopic (exact) mass is 267 g/mol. The highest BCUT2D eigenvalue weighted by molar-refractivity contribution is 5.99. The molecule has 3 N–H and O–H groups in total. The zero-order valence-electron chi connectivity index (χ0n) is 11.4. The van der Waals surface area contributed by atoms with E-state index in [4.69, 9.17) is 10.5 Å². The zero-order chi connectivity index (χ0) is 13.9. The van der Waals surface area contributed by atoms with Crippen LogP contribution >= 0.6 is 0 Å². The summed E-state index contributed by atoms with van der Waals surface area (Å²) in [4.78, 5) is 4.55. The van der Waals surface area contributed by atoms with Crippen molar-refractivity contribution >= 4 is 17.2 Å². The topological polar surface area (TPSA) is 59.6 Å². The summed E-state index contributed by atoms with van der Waals surface area (Å²) >= 11 is 0. The van der Waals surface area contributed by atoms with Gasteiger partial charge < -0.3 is 15.8 Å². The Balaban J connectivity index is 1.73. The molecule has 0 radical (unpaired) electrons. The summed E-state index contributed by atoms with van der Waals surface area (Å²) in [6, 6.07) is 13.9. The second kappa shape index (κ2) is 5.25. The molecule has 2 aromatic carbocycles. The maximum absolute atomic E-state index is 5.77. The van der Waals surface area contributed by atoms with Gasteiger partial charge in [0.05, 0.1) is 12.2 Å². The summed E-state index contributed by atoms with van der Waals surface area (Å²) < 4.78 is 5.65. The third kappa shape index (κ3) is 2.74. The molecular weight excluding hydrogens is 250 g/mol. The molecule has 0 aliphatic carbocycles. The van der Waals surface area contributed by atoms with Gasteiger partial charge in [0.2, 0.25) is 0 Å². The van der Waals surface area contributed by atoms with E-state index in [1.165, 1.54) is 11.1 Å². The van der Waals surface area contributed by atoms with Gasteiger partial charge in [0.1, 0.15) is 18.2 Å². The van der Waals surface area contributed by atoms with E-state index in [-0.39, 0.29) is 0 Å². The number of hydrogen-bond acceptors (Lipinski definition) is 3.